The lowest BCUT2D eigenvalue weighted by Crippen LogP contribution is -1.91. The number of rotatable bonds is 4. The number of anilines is 1. The zero-order valence-corrected chi connectivity index (χ0v) is 11.3. The van der Waals surface area contributed by atoms with E-state index in [2.05, 4.69) is 39.8 Å². The molecule has 1 aliphatic rings. The Bertz CT molecular complexity index is 586. The monoisotopic (exact) mass is 269 g/mol. The van der Waals surface area contributed by atoms with Crippen molar-refractivity contribution in [2.24, 2.45) is 5.10 Å². The first-order valence-electron chi connectivity index (χ1n) is 6.38. The molecule has 0 amide bonds. The van der Waals surface area contributed by atoms with Crippen molar-refractivity contribution in [1.82, 2.24) is 4.98 Å². The second kappa shape index (κ2) is 5.80. The van der Waals surface area contributed by atoms with E-state index in [9.17, 15) is 0 Å². The van der Waals surface area contributed by atoms with Crippen molar-refractivity contribution in [3.63, 3.8) is 0 Å². The van der Waals surface area contributed by atoms with Gasteiger partial charge in [-0.05, 0) is 37.1 Å². The maximum atomic E-state index is 4.21. The predicted octanol–water partition coefficient (Wildman–Crippen LogP) is 4.02. The van der Waals surface area contributed by atoms with Crippen LogP contribution < -0.4 is 5.43 Å². The Labute approximate surface area is 116 Å². The molecule has 0 radical (unpaired) electrons. The number of nitrogens with one attached hydrogen (secondary N) is 1. The maximum Gasteiger partial charge on any atom is 0.146 e. The van der Waals surface area contributed by atoms with Crippen LogP contribution in [-0.2, 0) is 0 Å². The third-order valence-electron chi connectivity index (χ3n) is 3.06. The van der Waals surface area contributed by atoms with E-state index in [-0.39, 0.29) is 0 Å². The summed E-state index contributed by atoms with van der Waals surface area (Å²) in [4.78, 5) is 6.74. The van der Waals surface area contributed by atoms with Crippen LogP contribution in [0.4, 0.5) is 5.82 Å². The van der Waals surface area contributed by atoms with E-state index < -0.39 is 0 Å². The molecule has 3 nitrogen and oxygen atoms in total. The molecule has 0 aliphatic heterocycles. The first-order valence-corrected chi connectivity index (χ1v) is 7.20. The minimum absolute atomic E-state index is 0.607. The molecule has 1 aliphatic carbocycles. The van der Waals surface area contributed by atoms with E-state index in [0.29, 0.717) is 5.92 Å². The Morgan fingerprint density at radius 2 is 2.32 bits per heavy atom. The number of allylic oxidation sites excluding steroid dienone is 2. The summed E-state index contributed by atoms with van der Waals surface area (Å²) in [5.74, 6) is 1.37. The van der Waals surface area contributed by atoms with Gasteiger partial charge in [0.2, 0.25) is 0 Å². The van der Waals surface area contributed by atoms with Gasteiger partial charge in [0.1, 0.15) is 5.82 Å². The first-order chi connectivity index (χ1) is 9.42. The molecule has 2 aromatic rings. The smallest absolute Gasteiger partial charge is 0.146 e. The van der Waals surface area contributed by atoms with E-state index in [4.69, 9.17) is 0 Å². The first kappa shape index (κ1) is 12.1. The normalized spacial score (nSPS) is 18.2. The van der Waals surface area contributed by atoms with Gasteiger partial charge in [0.15, 0.2) is 0 Å². The summed E-state index contributed by atoms with van der Waals surface area (Å²) in [7, 11) is 0. The molecule has 1 unspecified atom stereocenters. The SMILES string of the molecule is C1=CC(c2ccc(C=NNc3ccccn3)s2)CC1. The van der Waals surface area contributed by atoms with Crippen LogP contribution in [0.25, 0.3) is 0 Å². The fourth-order valence-corrected chi connectivity index (χ4v) is 3.10. The fourth-order valence-electron chi connectivity index (χ4n) is 2.10. The number of aromatic nitrogens is 1. The van der Waals surface area contributed by atoms with Gasteiger partial charge >= 0.3 is 0 Å². The molecule has 19 heavy (non-hydrogen) atoms. The summed E-state index contributed by atoms with van der Waals surface area (Å²) in [5.41, 5.74) is 2.92. The van der Waals surface area contributed by atoms with Gasteiger partial charge in [0.05, 0.1) is 6.21 Å². The van der Waals surface area contributed by atoms with Crippen molar-refractivity contribution in [3.8, 4) is 0 Å². The van der Waals surface area contributed by atoms with E-state index in [1.807, 2.05) is 24.4 Å². The number of nitrogens with zero attached hydrogens (tertiary/aromatic N) is 2. The van der Waals surface area contributed by atoms with Crippen LogP contribution in [0.3, 0.4) is 0 Å². The lowest BCUT2D eigenvalue weighted by Gasteiger charge is -2.01. The van der Waals surface area contributed by atoms with Gasteiger partial charge in [-0.25, -0.2) is 4.98 Å². The summed E-state index contributed by atoms with van der Waals surface area (Å²) in [6, 6.07) is 10.0. The molecule has 0 saturated carbocycles. The molecule has 1 N–H and O–H groups in total. The quantitative estimate of drug-likeness (QED) is 0.517. The van der Waals surface area contributed by atoms with E-state index in [1.54, 1.807) is 17.5 Å². The van der Waals surface area contributed by atoms with Crippen LogP contribution in [0.15, 0.2) is 53.8 Å². The molecule has 0 aromatic carbocycles. The third-order valence-corrected chi connectivity index (χ3v) is 4.21. The van der Waals surface area contributed by atoms with Crippen LogP contribution in [0, 0.1) is 0 Å². The van der Waals surface area contributed by atoms with Crippen molar-refractivity contribution >= 4 is 23.4 Å². The van der Waals surface area contributed by atoms with E-state index in [1.165, 1.54) is 22.6 Å². The molecule has 0 fully saturated rings. The fraction of sp³-hybridized carbons (Fsp3) is 0.200. The Kier molecular flexibility index (Phi) is 3.70. The maximum absolute atomic E-state index is 4.21. The number of hydrogen-bond donors (Lipinski definition) is 1. The number of hydrogen-bond acceptors (Lipinski definition) is 4. The van der Waals surface area contributed by atoms with Crippen molar-refractivity contribution in [3.05, 3.63) is 58.4 Å². The molecular weight excluding hydrogens is 254 g/mol. The van der Waals surface area contributed by atoms with Gasteiger partial charge in [-0.1, -0.05) is 18.2 Å². The standard InChI is InChI=1S/C15H15N3S/c1-2-6-12(5-1)14-9-8-13(19-14)11-17-18-15-7-3-4-10-16-15/h1,3-5,7-12H,2,6H2,(H,16,18). The average Bonchev–Trinajstić information content (AvgIpc) is 3.10. The highest BCUT2D eigenvalue weighted by atomic mass is 32.1. The molecule has 2 heterocycles. The summed E-state index contributed by atoms with van der Waals surface area (Å²) in [6.07, 6.45) is 10.6. The van der Waals surface area contributed by atoms with Gasteiger partial charge in [-0.3, -0.25) is 5.43 Å². The predicted molar refractivity (Wildman–Crippen MR) is 80.9 cm³/mol. The molecule has 2 aromatic heterocycles. The topological polar surface area (TPSA) is 37.3 Å². The molecule has 0 saturated heterocycles. The van der Waals surface area contributed by atoms with Gasteiger partial charge < -0.3 is 0 Å². The van der Waals surface area contributed by atoms with Crippen molar-refractivity contribution in [2.45, 2.75) is 18.8 Å². The van der Waals surface area contributed by atoms with Crippen molar-refractivity contribution in [1.29, 1.82) is 0 Å². The van der Waals surface area contributed by atoms with Gasteiger partial charge in [0.25, 0.3) is 0 Å². The summed E-state index contributed by atoms with van der Waals surface area (Å²) >= 11 is 1.80. The molecule has 0 bridgehead atoms. The summed E-state index contributed by atoms with van der Waals surface area (Å²) in [6.45, 7) is 0. The minimum Gasteiger partial charge on any atom is -0.261 e. The zero-order chi connectivity index (χ0) is 12.9. The minimum atomic E-state index is 0.607. The molecule has 0 spiro atoms. The lowest BCUT2D eigenvalue weighted by molar-refractivity contribution is 0.815. The van der Waals surface area contributed by atoms with Crippen LogP contribution in [0.5, 0.6) is 0 Å². The second-order valence-electron chi connectivity index (χ2n) is 4.44. The highest BCUT2D eigenvalue weighted by molar-refractivity contribution is 7.13. The Balaban J connectivity index is 1.62. The van der Waals surface area contributed by atoms with Crippen LogP contribution in [0.2, 0.25) is 0 Å². The van der Waals surface area contributed by atoms with Gasteiger partial charge in [0, 0.05) is 21.9 Å². The number of thiophene rings is 1. The van der Waals surface area contributed by atoms with Crippen LogP contribution in [0.1, 0.15) is 28.5 Å². The molecule has 3 rings (SSSR count). The van der Waals surface area contributed by atoms with Crippen LogP contribution in [-0.4, -0.2) is 11.2 Å². The van der Waals surface area contributed by atoms with Gasteiger partial charge in [-0.2, -0.15) is 5.10 Å². The lowest BCUT2D eigenvalue weighted by atomic mass is 10.1. The van der Waals surface area contributed by atoms with Crippen molar-refractivity contribution in [2.75, 3.05) is 5.43 Å². The number of pyridine rings is 1. The van der Waals surface area contributed by atoms with E-state index in [0.717, 1.165) is 5.82 Å². The Morgan fingerprint density at radius 3 is 3.11 bits per heavy atom. The zero-order valence-electron chi connectivity index (χ0n) is 10.5. The summed E-state index contributed by atoms with van der Waals surface area (Å²) in [5, 5.41) is 4.21. The molecule has 1 atom stereocenters. The molecule has 4 heteroatoms. The highest BCUT2D eigenvalue weighted by Crippen LogP contribution is 2.32. The number of hydrazone groups is 1. The largest absolute Gasteiger partial charge is 0.261 e. The molecular formula is C15H15N3S. The third kappa shape index (κ3) is 3.09. The van der Waals surface area contributed by atoms with Crippen LogP contribution >= 0.6 is 11.3 Å². The van der Waals surface area contributed by atoms with Crippen molar-refractivity contribution < 1.29 is 0 Å². The second-order valence-corrected chi connectivity index (χ2v) is 5.58. The van der Waals surface area contributed by atoms with E-state index >= 15 is 0 Å². The highest BCUT2D eigenvalue weighted by Gasteiger charge is 2.13. The Morgan fingerprint density at radius 1 is 1.32 bits per heavy atom. The molecule has 96 valence electrons. The average molecular weight is 269 g/mol. The summed E-state index contributed by atoms with van der Waals surface area (Å²) < 4.78 is 0. The Hall–Kier alpha value is -1.94. The van der Waals surface area contributed by atoms with Gasteiger partial charge in [-0.15, -0.1) is 11.3 Å².